The average Bonchev–Trinajstić information content (AvgIpc) is 3.49. The number of ketones is 1. The van der Waals surface area contributed by atoms with E-state index in [1.54, 1.807) is 43.9 Å². The molecule has 188 valence electrons. The number of hydrogen-bond acceptors (Lipinski definition) is 6. The van der Waals surface area contributed by atoms with E-state index < -0.39 is 17.7 Å². The molecule has 36 heavy (non-hydrogen) atoms. The van der Waals surface area contributed by atoms with Crippen molar-refractivity contribution in [3.63, 3.8) is 0 Å². The lowest BCUT2D eigenvalue weighted by Gasteiger charge is -2.26. The van der Waals surface area contributed by atoms with Gasteiger partial charge in [-0.05, 0) is 37.5 Å². The molecule has 3 aromatic rings. The third kappa shape index (κ3) is 5.12. The summed E-state index contributed by atoms with van der Waals surface area (Å²) in [4.78, 5) is 32.0. The highest BCUT2D eigenvalue weighted by Crippen LogP contribution is 2.42. The van der Waals surface area contributed by atoms with Crippen LogP contribution in [0.2, 0.25) is 0 Å². The summed E-state index contributed by atoms with van der Waals surface area (Å²) >= 11 is 0. The van der Waals surface area contributed by atoms with Gasteiger partial charge in [0, 0.05) is 31.0 Å². The molecule has 1 amide bonds. The molecule has 1 unspecified atom stereocenters. The Hall–Kier alpha value is -4.07. The first-order chi connectivity index (χ1) is 17.4. The molecule has 4 rings (SSSR count). The van der Waals surface area contributed by atoms with Crippen LogP contribution < -0.4 is 9.47 Å². The predicted molar refractivity (Wildman–Crippen MR) is 136 cm³/mol. The largest absolute Gasteiger partial charge is 0.507 e. The van der Waals surface area contributed by atoms with Crippen LogP contribution >= 0.6 is 0 Å². The SMILES string of the molecule is CCCOc1ccc(C2C(=C(O)c3ccc(C)cc3)C(=O)C(=O)N2CCCn2ccnc2)cc1OC. The number of aliphatic hydroxyl groups excluding tert-OH is 1. The number of carbonyl (C=O) groups excluding carboxylic acids is 2. The van der Waals surface area contributed by atoms with E-state index in [4.69, 9.17) is 9.47 Å². The Morgan fingerprint density at radius 1 is 1.08 bits per heavy atom. The minimum atomic E-state index is -0.761. The van der Waals surface area contributed by atoms with Crippen LogP contribution in [0.15, 0.2) is 66.8 Å². The van der Waals surface area contributed by atoms with E-state index in [9.17, 15) is 14.7 Å². The Kier molecular flexibility index (Phi) is 7.73. The molecule has 0 aliphatic carbocycles. The van der Waals surface area contributed by atoms with Crippen LogP contribution in [0, 0.1) is 6.92 Å². The van der Waals surface area contributed by atoms with Crippen LogP contribution in [0.1, 0.15) is 42.5 Å². The molecule has 8 heteroatoms. The molecule has 0 radical (unpaired) electrons. The molecule has 1 aliphatic rings. The first-order valence-corrected chi connectivity index (χ1v) is 12.1. The number of benzene rings is 2. The third-order valence-electron chi connectivity index (χ3n) is 6.20. The van der Waals surface area contributed by atoms with Crippen molar-refractivity contribution >= 4 is 17.4 Å². The third-order valence-corrected chi connectivity index (χ3v) is 6.20. The number of carbonyl (C=O) groups is 2. The molecule has 2 heterocycles. The number of aliphatic hydroxyl groups is 1. The van der Waals surface area contributed by atoms with Gasteiger partial charge in [0.25, 0.3) is 11.7 Å². The molecular weight excluding hydrogens is 458 g/mol. The monoisotopic (exact) mass is 489 g/mol. The van der Waals surface area contributed by atoms with Crippen molar-refractivity contribution in [2.75, 3.05) is 20.3 Å². The maximum Gasteiger partial charge on any atom is 0.295 e. The fraction of sp³-hybridized carbons (Fsp3) is 0.321. The molecule has 0 bridgehead atoms. The van der Waals surface area contributed by atoms with Gasteiger partial charge in [-0.25, -0.2) is 4.98 Å². The highest BCUT2D eigenvalue weighted by molar-refractivity contribution is 6.46. The molecule has 1 aliphatic heterocycles. The van der Waals surface area contributed by atoms with Crippen LogP contribution in [0.25, 0.3) is 5.76 Å². The van der Waals surface area contributed by atoms with Gasteiger partial charge in [-0.1, -0.05) is 42.8 Å². The number of likely N-dealkylation sites (tertiary alicyclic amines) is 1. The fourth-order valence-corrected chi connectivity index (χ4v) is 4.35. The van der Waals surface area contributed by atoms with Crippen molar-refractivity contribution in [3.05, 3.63) is 83.4 Å². The van der Waals surface area contributed by atoms with E-state index in [2.05, 4.69) is 4.98 Å². The number of hydrogen-bond donors (Lipinski definition) is 1. The van der Waals surface area contributed by atoms with E-state index in [-0.39, 0.29) is 11.3 Å². The van der Waals surface area contributed by atoms with Crippen LogP contribution in [-0.2, 0) is 16.1 Å². The Labute approximate surface area is 210 Å². The molecule has 1 saturated heterocycles. The van der Waals surface area contributed by atoms with Crippen molar-refractivity contribution in [2.24, 2.45) is 0 Å². The van der Waals surface area contributed by atoms with Gasteiger partial charge in [-0.15, -0.1) is 0 Å². The van der Waals surface area contributed by atoms with Crippen molar-refractivity contribution in [2.45, 2.75) is 39.3 Å². The Morgan fingerprint density at radius 3 is 2.53 bits per heavy atom. The summed E-state index contributed by atoms with van der Waals surface area (Å²) in [5.41, 5.74) is 2.23. The van der Waals surface area contributed by atoms with E-state index in [0.717, 1.165) is 12.0 Å². The molecule has 1 aromatic heterocycles. The second-order valence-corrected chi connectivity index (χ2v) is 8.77. The molecular formula is C28H31N3O5. The molecule has 0 saturated carbocycles. The molecule has 2 aromatic carbocycles. The number of methoxy groups -OCH3 is 1. The first-order valence-electron chi connectivity index (χ1n) is 12.1. The number of aromatic nitrogens is 2. The summed E-state index contributed by atoms with van der Waals surface area (Å²) in [6, 6.07) is 11.8. The number of ether oxygens (including phenoxy) is 2. The minimum Gasteiger partial charge on any atom is -0.507 e. The highest BCUT2D eigenvalue weighted by atomic mass is 16.5. The number of Topliss-reactive ketones (excluding diaryl/α,β-unsaturated/α-hetero) is 1. The van der Waals surface area contributed by atoms with E-state index in [1.165, 1.54) is 4.90 Å². The van der Waals surface area contributed by atoms with Crippen LogP contribution in [0.5, 0.6) is 11.5 Å². The van der Waals surface area contributed by atoms with Crippen molar-refractivity contribution in [1.29, 1.82) is 0 Å². The van der Waals surface area contributed by atoms with Crippen molar-refractivity contribution < 1.29 is 24.2 Å². The molecule has 0 spiro atoms. The van der Waals surface area contributed by atoms with E-state index >= 15 is 0 Å². The summed E-state index contributed by atoms with van der Waals surface area (Å²) in [5.74, 6) is -0.449. The lowest BCUT2D eigenvalue weighted by atomic mass is 9.94. The van der Waals surface area contributed by atoms with Gasteiger partial charge in [0.1, 0.15) is 5.76 Å². The quantitative estimate of drug-likeness (QED) is 0.256. The minimum absolute atomic E-state index is 0.0655. The summed E-state index contributed by atoms with van der Waals surface area (Å²) in [6.45, 7) is 5.46. The summed E-state index contributed by atoms with van der Waals surface area (Å²) in [5, 5.41) is 11.2. The normalized spacial score (nSPS) is 17.0. The topological polar surface area (TPSA) is 93.9 Å². The molecule has 1 fully saturated rings. The van der Waals surface area contributed by atoms with Crippen molar-refractivity contribution in [3.8, 4) is 11.5 Å². The van der Waals surface area contributed by atoms with E-state index in [0.29, 0.717) is 48.7 Å². The second kappa shape index (κ2) is 11.1. The number of aryl methyl sites for hydroxylation is 2. The number of amides is 1. The maximum absolute atomic E-state index is 13.3. The lowest BCUT2D eigenvalue weighted by molar-refractivity contribution is -0.139. The Bertz CT molecular complexity index is 1250. The standard InChI is InChI=1S/C28H31N3O5/c1-4-16-36-22-11-10-21(17-23(22)35-3)25-24(26(32)20-8-6-19(2)7-9-20)27(33)28(34)31(25)14-5-13-30-15-12-29-18-30/h6-12,15,17-18,25,32H,4-5,13-14,16H2,1-3H3. The zero-order valence-corrected chi connectivity index (χ0v) is 20.8. The van der Waals surface area contributed by atoms with Crippen LogP contribution in [-0.4, -0.2) is 51.5 Å². The molecule has 8 nitrogen and oxygen atoms in total. The van der Waals surface area contributed by atoms with Gasteiger partial charge in [-0.2, -0.15) is 0 Å². The van der Waals surface area contributed by atoms with E-state index in [1.807, 2.05) is 42.8 Å². The van der Waals surface area contributed by atoms with Gasteiger partial charge < -0.3 is 24.0 Å². The fourth-order valence-electron chi connectivity index (χ4n) is 4.35. The van der Waals surface area contributed by atoms with Gasteiger partial charge in [0.05, 0.1) is 31.7 Å². The zero-order valence-electron chi connectivity index (χ0n) is 20.8. The number of imidazole rings is 1. The molecule has 1 atom stereocenters. The van der Waals surface area contributed by atoms with Crippen molar-refractivity contribution in [1.82, 2.24) is 14.5 Å². The summed E-state index contributed by atoms with van der Waals surface area (Å²) < 4.78 is 13.3. The number of rotatable bonds is 10. The Balaban J connectivity index is 1.75. The average molecular weight is 490 g/mol. The lowest BCUT2D eigenvalue weighted by Crippen LogP contribution is -2.31. The van der Waals surface area contributed by atoms with Gasteiger partial charge in [0.15, 0.2) is 11.5 Å². The highest BCUT2D eigenvalue weighted by Gasteiger charge is 2.46. The van der Waals surface area contributed by atoms with Gasteiger partial charge in [0.2, 0.25) is 0 Å². The summed E-state index contributed by atoms with van der Waals surface area (Å²) in [7, 11) is 1.55. The van der Waals surface area contributed by atoms with Crippen LogP contribution in [0.3, 0.4) is 0 Å². The second-order valence-electron chi connectivity index (χ2n) is 8.77. The number of nitrogens with zero attached hydrogens (tertiary/aromatic N) is 3. The maximum atomic E-state index is 13.3. The van der Waals surface area contributed by atoms with Gasteiger partial charge in [-0.3, -0.25) is 9.59 Å². The van der Waals surface area contributed by atoms with Crippen LogP contribution in [0.4, 0.5) is 0 Å². The smallest absolute Gasteiger partial charge is 0.295 e. The Morgan fingerprint density at radius 2 is 1.86 bits per heavy atom. The molecule has 1 N–H and O–H groups in total. The zero-order chi connectivity index (χ0) is 25.7. The summed E-state index contributed by atoms with van der Waals surface area (Å²) in [6.07, 6.45) is 6.71. The van der Waals surface area contributed by atoms with Gasteiger partial charge >= 0.3 is 0 Å². The predicted octanol–water partition coefficient (Wildman–Crippen LogP) is 4.50. The first kappa shape index (κ1) is 25.0.